The Balaban J connectivity index is -0.000000183. The third-order valence-electron chi connectivity index (χ3n) is 4.49. The predicted molar refractivity (Wildman–Crippen MR) is 118 cm³/mol. The molecule has 0 saturated carbocycles. The van der Waals surface area contributed by atoms with Crippen LogP contribution in [0.4, 0.5) is 0 Å². The molecule has 0 aromatic rings. The smallest absolute Gasteiger partial charge is 0.312 e. The maximum atomic E-state index is 11.6. The summed E-state index contributed by atoms with van der Waals surface area (Å²) in [6.07, 6.45) is 2.46. The first-order valence-corrected chi connectivity index (χ1v) is 9.41. The van der Waals surface area contributed by atoms with E-state index in [0.29, 0.717) is 0 Å². The lowest BCUT2D eigenvalue weighted by atomic mass is 9.90. The molecule has 4 nitrogen and oxygen atoms in total. The number of ether oxygens (including phenoxy) is 2. The van der Waals surface area contributed by atoms with Gasteiger partial charge in [0.25, 0.3) is 0 Å². The highest BCUT2D eigenvalue weighted by molar-refractivity contribution is 5.76. The van der Waals surface area contributed by atoms with E-state index < -0.39 is 0 Å². The van der Waals surface area contributed by atoms with Crippen LogP contribution in [0.3, 0.4) is 0 Å². The summed E-state index contributed by atoms with van der Waals surface area (Å²) in [4.78, 5) is 23.1. The molecule has 166 valence electrons. The fourth-order valence-corrected chi connectivity index (χ4v) is 1.17. The van der Waals surface area contributed by atoms with Crippen molar-refractivity contribution in [1.29, 1.82) is 0 Å². The predicted octanol–water partition coefficient (Wildman–Crippen LogP) is 7.19. The Labute approximate surface area is 170 Å². The number of carbonyl (C=O) groups is 2. The molecule has 0 radical (unpaired) electrons. The fourth-order valence-electron chi connectivity index (χ4n) is 1.17. The van der Waals surface area contributed by atoms with Crippen molar-refractivity contribution >= 4 is 11.9 Å². The normalized spacial score (nSPS) is 11.9. The Hall–Kier alpha value is -1.06. The van der Waals surface area contributed by atoms with E-state index >= 15 is 0 Å². The Bertz CT molecular complexity index is 426. The van der Waals surface area contributed by atoms with Crippen molar-refractivity contribution in [1.82, 2.24) is 0 Å². The van der Waals surface area contributed by atoms with E-state index in [-0.39, 0.29) is 48.8 Å². The van der Waals surface area contributed by atoms with Gasteiger partial charge in [-0.2, -0.15) is 0 Å². The fraction of sp³-hybridized carbons (Fsp3) is 0.913. The summed E-state index contributed by atoms with van der Waals surface area (Å²) in [5, 5.41) is 0. The van der Waals surface area contributed by atoms with Crippen molar-refractivity contribution in [3.8, 4) is 0 Å². The zero-order valence-corrected chi connectivity index (χ0v) is 18.8. The third-order valence-corrected chi connectivity index (χ3v) is 4.49. The van der Waals surface area contributed by atoms with E-state index in [4.69, 9.17) is 9.47 Å². The van der Waals surface area contributed by atoms with E-state index in [2.05, 4.69) is 0 Å². The number of carbonyl (C=O) groups excluding carboxylic acids is 2. The van der Waals surface area contributed by atoms with Crippen LogP contribution < -0.4 is 0 Å². The quantitative estimate of drug-likeness (QED) is 0.450. The Morgan fingerprint density at radius 3 is 1.11 bits per heavy atom. The molecule has 0 aromatic heterocycles. The standard InChI is InChI=1S/C11H22O2.C10H20O2.2CH4/c1-7-10(3,4)9(12)13-11(5,6)8-2;1-7-10(5,6)8(11)12-9(2,3)4;;/h7-8H2,1-6H3;7H2,1-6H3;2*1H4. The second-order valence-corrected chi connectivity index (χ2v) is 9.48. The summed E-state index contributed by atoms with van der Waals surface area (Å²) < 4.78 is 10.7. The second-order valence-electron chi connectivity index (χ2n) is 9.48. The minimum absolute atomic E-state index is 0. The lowest BCUT2D eigenvalue weighted by Gasteiger charge is -2.29. The van der Waals surface area contributed by atoms with Gasteiger partial charge in [0, 0.05) is 0 Å². The van der Waals surface area contributed by atoms with Gasteiger partial charge in [-0.1, -0.05) is 35.6 Å². The molecule has 0 aliphatic heterocycles. The van der Waals surface area contributed by atoms with Crippen LogP contribution in [0, 0.1) is 10.8 Å². The van der Waals surface area contributed by atoms with Gasteiger partial charge in [0.05, 0.1) is 10.8 Å². The van der Waals surface area contributed by atoms with E-state index in [1.165, 1.54) is 0 Å². The second kappa shape index (κ2) is 12.4. The summed E-state index contributed by atoms with van der Waals surface area (Å²) in [5.74, 6) is -0.209. The van der Waals surface area contributed by atoms with Crippen LogP contribution >= 0.6 is 0 Å². The Kier molecular flexibility index (Phi) is 15.4. The van der Waals surface area contributed by atoms with Crippen molar-refractivity contribution in [2.75, 3.05) is 0 Å². The monoisotopic (exact) mass is 390 g/mol. The van der Waals surface area contributed by atoms with Crippen LogP contribution in [0.25, 0.3) is 0 Å². The minimum atomic E-state index is -0.372. The highest BCUT2D eigenvalue weighted by Crippen LogP contribution is 2.26. The summed E-state index contributed by atoms with van der Waals surface area (Å²) >= 11 is 0. The van der Waals surface area contributed by atoms with Gasteiger partial charge in [0.15, 0.2) is 0 Å². The van der Waals surface area contributed by atoms with Gasteiger partial charge in [-0.25, -0.2) is 0 Å². The van der Waals surface area contributed by atoms with E-state index in [0.717, 1.165) is 19.3 Å². The maximum absolute atomic E-state index is 11.6. The van der Waals surface area contributed by atoms with Crippen molar-refractivity contribution in [3.63, 3.8) is 0 Å². The zero-order valence-electron chi connectivity index (χ0n) is 18.8. The molecule has 0 bridgehead atoms. The van der Waals surface area contributed by atoms with Gasteiger partial charge in [-0.15, -0.1) is 0 Å². The topological polar surface area (TPSA) is 52.6 Å². The Morgan fingerprint density at radius 2 is 0.889 bits per heavy atom. The summed E-state index contributed by atoms with van der Waals surface area (Å²) in [6, 6.07) is 0. The molecule has 0 rings (SSSR count). The van der Waals surface area contributed by atoms with Crippen molar-refractivity contribution in [3.05, 3.63) is 0 Å². The van der Waals surface area contributed by atoms with Gasteiger partial charge in [0.1, 0.15) is 11.2 Å². The first-order valence-electron chi connectivity index (χ1n) is 9.41. The molecular formula is C23H50O4. The van der Waals surface area contributed by atoms with Gasteiger partial charge in [-0.05, 0) is 81.6 Å². The first kappa shape index (κ1) is 33.5. The number of hydrogen-bond donors (Lipinski definition) is 0. The maximum Gasteiger partial charge on any atom is 0.312 e. The first-order chi connectivity index (χ1) is 10.9. The molecule has 27 heavy (non-hydrogen) atoms. The van der Waals surface area contributed by atoms with Crippen LogP contribution in [0.5, 0.6) is 0 Å². The molecule has 0 unspecified atom stereocenters. The molecule has 0 heterocycles. The summed E-state index contributed by atoms with van der Waals surface area (Å²) in [7, 11) is 0. The van der Waals surface area contributed by atoms with E-state index in [9.17, 15) is 9.59 Å². The molecule has 0 aromatic carbocycles. The van der Waals surface area contributed by atoms with Crippen LogP contribution in [0.1, 0.15) is 117 Å². The SMILES string of the molecule is C.C.CCC(C)(C)C(=O)OC(C)(C)C.CCC(C)(C)OC(=O)C(C)(C)CC. The van der Waals surface area contributed by atoms with Gasteiger partial charge >= 0.3 is 11.9 Å². The lowest BCUT2D eigenvalue weighted by molar-refractivity contribution is -0.168. The molecule has 0 amide bonds. The molecule has 0 aliphatic carbocycles. The molecule has 0 spiro atoms. The van der Waals surface area contributed by atoms with Crippen molar-refractivity contribution in [2.45, 2.75) is 128 Å². The highest BCUT2D eigenvalue weighted by Gasteiger charge is 2.32. The molecule has 0 N–H and O–H groups in total. The van der Waals surface area contributed by atoms with Gasteiger partial charge < -0.3 is 9.47 Å². The number of rotatable bonds is 6. The number of hydrogen-bond acceptors (Lipinski definition) is 4. The van der Waals surface area contributed by atoms with Gasteiger partial charge in [-0.3, -0.25) is 9.59 Å². The van der Waals surface area contributed by atoms with E-state index in [1.807, 2.05) is 83.1 Å². The van der Waals surface area contributed by atoms with Crippen LogP contribution in [-0.4, -0.2) is 23.1 Å². The molecule has 0 saturated heterocycles. The van der Waals surface area contributed by atoms with Crippen LogP contribution in [0.15, 0.2) is 0 Å². The minimum Gasteiger partial charge on any atom is -0.460 e. The third kappa shape index (κ3) is 14.6. The molecule has 0 fully saturated rings. The lowest BCUT2D eigenvalue weighted by Crippen LogP contribution is -2.34. The summed E-state index contributed by atoms with van der Waals surface area (Å²) in [6.45, 7) is 23.2. The van der Waals surface area contributed by atoms with Crippen molar-refractivity contribution < 1.29 is 19.1 Å². The molecular weight excluding hydrogens is 340 g/mol. The van der Waals surface area contributed by atoms with Crippen molar-refractivity contribution in [2.24, 2.45) is 10.8 Å². The molecule has 0 aliphatic rings. The van der Waals surface area contributed by atoms with Crippen LogP contribution in [0.2, 0.25) is 0 Å². The average Bonchev–Trinajstić information content (AvgIpc) is 2.45. The highest BCUT2D eigenvalue weighted by atomic mass is 16.6. The summed E-state index contributed by atoms with van der Waals surface area (Å²) in [5.41, 5.74) is -1.41. The van der Waals surface area contributed by atoms with Gasteiger partial charge in [0.2, 0.25) is 0 Å². The average molecular weight is 391 g/mol. The molecule has 4 heteroatoms. The largest absolute Gasteiger partial charge is 0.460 e. The number of esters is 2. The zero-order chi connectivity index (χ0) is 20.7. The Morgan fingerprint density at radius 1 is 0.593 bits per heavy atom. The molecule has 0 atom stereocenters. The van der Waals surface area contributed by atoms with E-state index in [1.54, 1.807) is 0 Å². The van der Waals surface area contributed by atoms with Crippen LogP contribution in [-0.2, 0) is 19.1 Å².